The lowest BCUT2D eigenvalue weighted by Crippen LogP contribution is -2.43. The molecule has 25 heavy (non-hydrogen) atoms. The molecule has 1 saturated heterocycles. The Morgan fingerprint density at radius 1 is 1.12 bits per heavy atom. The van der Waals surface area contributed by atoms with Gasteiger partial charge in [0.05, 0.1) is 7.11 Å². The molecule has 132 valence electrons. The van der Waals surface area contributed by atoms with E-state index in [1.54, 1.807) is 7.11 Å². The molecule has 2 unspecified atom stereocenters. The third kappa shape index (κ3) is 3.57. The molecule has 0 bridgehead atoms. The van der Waals surface area contributed by atoms with Gasteiger partial charge in [-0.15, -0.1) is 0 Å². The number of ether oxygens (including phenoxy) is 1. The number of hydrogen-bond donors (Lipinski definition) is 0. The second-order valence-corrected chi connectivity index (χ2v) is 7.87. The minimum absolute atomic E-state index is 0.128. The van der Waals surface area contributed by atoms with Gasteiger partial charge >= 0.3 is 0 Å². The van der Waals surface area contributed by atoms with E-state index in [9.17, 15) is 4.79 Å². The Balaban J connectivity index is 1.54. The van der Waals surface area contributed by atoms with Crippen molar-refractivity contribution < 1.29 is 9.53 Å². The fraction of sp³-hybridized carbons (Fsp3) is 0.500. The Hall–Kier alpha value is -1.87. The van der Waals surface area contributed by atoms with E-state index < -0.39 is 0 Å². The van der Waals surface area contributed by atoms with E-state index in [1.807, 2.05) is 36.4 Å². The highest BCUT2D eigenvalue weighted by molar-refractivity contribution is 6.01. The lowest BCUT2D eigenvalue weighted by molar-refractivity contribution is 0.0711. The van der Waals surface area contributed by atoms with Crippen molar-refractivity contribution in [2.75, 3.05) is 26.7 Å². The SMILES string of the molecule is COc1ccc2cc(C(=O)C3CN(CC4CC4)CCC3C)ccc2c1. The highest BCUT2D eigenvalue weighted by Gasteiger charge is 2.34. The van der Waals surface area contributed by atoms with Gasteiger partial charge in [-0.2, -0.15) is 0 Å². The quantitative estimate of drug-likeness (QED) is 0.758. The van der Waals surface area contributed by atoms with Crippen molar-refractivity contribution in [1.29, 1.82) is 0 Å². The van der Waals surface area contributed by atoms with Gasteiger partial charge in [-0.1, -0.05) is 25.1 Å². The maximum absolute atomic E-state index is 13.2. The van der Waals surface area contributed by atoms with E-state index in [4.69, 9.17) is 4.74 Å². The van der Waals surface area contributed by atoms with Crippen molar-refractivity contribution in [3.05, 3.63) is 42.0 Å². The molecule has 0 N–H and O–H groups in total. The van der Waals surface area contributed by atoms with Crippen molar-refractivity contribution in [2.45, 2.75) is 26.2 Å². The topological polar surface area (TPSA) is 29.5 Å². The van der Waals surface area contributed by atoms with E-state index in [-0.39, 0.29) is 5.92 Å². The molecule has 3 heteroatoms. The summed E-state index contributed by atoms with van der Waals surface area (Å²) in [4.78, 5) is 15.7. The van der Waals surface area contributed by atoms with Crippen LogP contribution in [0.5, 0.6) is 5.75 Å². The van der Waals surface area contributed by atoms with Gasteiger partial charge in [-0.25, -0.2) is 0 Å². The minimum atomic E-state index is 0.128. The fourth-order valence-electron chi connectivity index (χ4n) is 4.03. The molecule has 0 amide bonds. The molecule has 2 fully saturated rings. The Morgan fingerprint density at radius 3 is 2.64 bits per heavy atom. The zero-order chi connectivity index (χ0) is 17.4. The second kappa shape index (κ2) is 6.80. The minimum Gasteiger partial charge on any atom is -0.497 e. The smallest absolute Gasteiger partial charge is 0.167 e. The van der Waals surface area contributed by atoms with Crippen LogP contribution in [0, 0.1) is 17.8 Å². The summed E-state index contributed by atoms with van der Waals surface area (Å²) in [7, 11) is 1.68. The molecule has 2 aromatic rings. The number of carbonyl (C=O) groups is 1. The first-order valence-electron chi connectivity index (χ1n) is 9.48. The van der Waals surface area contributed by atoms with Crippen LogP contribution in [0.2, 0.25) is 0 Å². The number of likely N-dealkylation sites (tertiary alicyclic amines) is 1. The molecule has 3 nitrogen and oxygen atoms in total. The summed E-state index contributed by atoms with van der Waals surface area (Å²) in [6, 6.07) is 12.1. The number of carbonyl (C=O) groups excluding carboxylic acids is 1. The molecule has 1 saturated carbocycles. The van der Waals surface area contributed by atoms with Gasteiger partial charge < -0.3 is 9.64 Å². The van der Waals surface area contributed by atoms with E-state index in [1.165, 1.54) is 19.4 Å². The van der Waals surface area contributed by atoms with Gasteiger partial charge in [0, 0.05) is 24.6 Å². The first-order chi connectivity index (χ1) is 12.1. The second-order valence-electron chi connectivity index (χ2n) is 7.87. The molecule has 1 aliphatic carbocycles. The lowest BCUT2D eigenvalue weighted by Gasteiger charge is -2.36. The number of Topliss-reactive ketones (excluding diaryl/α,β-unsaturated/α-hetero) is 1. The standard InChI is InChI=1S/C22H27NO2/c1-15-9-10-23(13-16-3-4-16)14-21(15)22(24)19-6-5-18-12-20(25-2)8-7-17(18)11-19/h5-8,11-12,15-16,21H,3-4,9-10,13-14H2,1-2H3. The van der Waals surface area contributed by atoms with Crippen LogP contribution < -0.4 is 4.74 Å². The lowest BCUT2D eigenvalue weighted by atomic mass is 9.81. The van der Waals surface area contributed by atoms with Crippen LogP contribution in [0.25, 0.3) is 10.8 Å². The van der Waals surface area contributed by atoms with Crippen LogP contribution in [0.1, 0.15) is 36.5 Å². The predicted molar refractivity (Wildman–Crippen MR) is 101 cm³/mol. The Labute approximate surface area is 150 Å². The Kier molecular flexibility index (Phi) is 4.51. The maximum atomic E-state index is 13.2. The van der Waals surface area contributed by atoms with Gasteiger partial charge in [-0.3, -0.25) is 4.79 Å². The maximum Gasteiger partial charge on any atom is 0.167 e. The highest BCUT2D eigenvalue weighted by atomic mass is 16.5. The zero-order valence-corrected chi connectivity index (χ0v) is 15.2. The summed E-state index contributed by atoms with van der Waals surface area (Å²) in [5, 5.41) is 2.22. The zero-order valence-electron chi connectivity index (χ0n) is 15.2. The summed E-state index contributed by atoms with van der Waals surface area (Å²) in [6.07, 6.45) is 3.88. The Bertz CT molecular complexity index is 781. The number of piperidine rings is 1. The van der Waals surface area contributed by atoms with Crippen molar-refractivity contribution in [3.8, 4) is 5.75 Å². The summed E-state index contributed by atoms with van der Waals surface area (Å²) < 4.78 is 5.29. The normalized spacial score (nSPS) is 24.4. The van der Waals surface area contributed by atoms with E-state index in [0.717, 1.165) is 47.5 Å². The van der Waals surface area contributed by atoms with Crippen LogP contribution in [-0.2, 0) is 0 Å². The highest BCUT2D eigenvalue weighted by Crippen LogP contribution is 2.33. The van der Waals surface area contributed by atoms with E-state index >= 15 is 0 Å². The van der Waals surface area contributed by atoms with Crippen LogP contribution in [-0.4, -0.2) is 37.4 Å². The Morgan fingerprint density at radius 2 is 1.88 bits per heavy atom. The summed E-state index contributed by atoms with van der Waals surface area (Å²) >= 11 is 0. The molecular weight excluding hydrogens is 310 g/mol. The summed E-state index contributed by atoms with van der Waals surface area (Å²) in [5.74, 6) is 2.64. The molecule has 2 aliphatic rings. The largest absolute Gasteiger partial charge is 0.497 e. The molecule has 0 radical (unpaired) electrons. The summed E-state index contributed by atoms with van der Waals surface area (Å²) in [5.41, 5.74) is 0.850. The third-order valence-electron chi connectivity index (χ3n) is 5.92. The molecular formula is C22H27NO2. The van der Waals surface area contributed by atoms with Crippen molar-refractivity contribution in [1.82, 2.24) is 4.90 Å². The van der Waals surface area contributed by atoms with Crippen LogP contribution in [0.3, 0.4) is 0 Å². The van der Waals surface area contributed by atoms with Gasteiger partial charge in [0.2, 0.25) is 0 Å². The molecule has 2 atom stereocenters. The number of fused-ring (bicyclic) bond motifs is 1. The monoisotopic (exact) mass is 337 g/mol. The number of hydrogen-bond acceptors (Lipinski definition) is 3. The molecule has 4 rings (SSSR count). The van der Waals surface area contributed by atoms with Crippen molar-refractivity contribution >= 4 is 16.6 Å². The van der Waals surface area contributed by atoms with Gasteiger partial charge in [0.15, 0.2) is 5.78 Å². The number of ketones is 1. The third-order valence-corrected chi connectivity index (χ3v) is 5.92. The first kappa shape index (κ1) is 16.6. The fourth-order valence-corrected chi connectivity index (χ4v) is 4.03. The van der Waals surface area contributed by atoms with Gasteiger partial charge in [0.1, 0.15) is 5.75 Å². The molecule has 0 spiro atoms. The average molecular weight is 337 g/mol. The molecule has 1 aliphatic heterocycles. The predicted octanol–water partition coefficient (Wildman–Crippen LogP) is 4.40. The van der Waals surface area contributed by atoms with Gasteiger partial charge in [-0.05, 0) is 66.6 Å². The molecule has 2 aromatic carbocycles. The first-order valence-corrected chi connectivity index (χ1v) is 9.48. The van der Waals surface area contributed by atoms with E-state index in [0.29, 0.717) is 11.7 Å². The number of rotatable bonds is 5. The van der Waals surface area contributed by atoms with Gasteiger partial charge in [0.25, 0.3) is 0 Å². The molecule has 0 aromatic heterocycles. The number of benzene rings is 2. The van der Waals surface area contributed by atoms with Crippen LogP contribution >= 0.6 is 0 Å². The average Bonchev–Trinajstić information content (AvgIpc) is 3.46. The van der Waals surface area contributed by atoms with Crippen LogP contribution in [0.4, 0.5) is 0 Å². The number of nitrogens with zero attached hydrogens (tertiary/aromatic N) is 1. The van der Waals surface area contributed by atoms with Crippen molar-refractivity contribution in [2.24, 2.45) is 17.8 Å². The summed E-state index contributed by atoms with van der Waals surface area (Å²) in [6.45, 7) is 5.51. The molecule has 1 heterocycles. The van der Waals surface area contributed by atoms with Crippen LogP contribution in [0.15, 0.2) is 36.4 Å². The van der Waals surface area contributed by atoms with Crippen molar-refractivity contribution in [3.63, 3.8) is 0 Å². The number of methoxy groups -OCH3 is 1. The van der Waals surface area contributed by atoms with E-state index in [2.05, 4.69) is 11.8 Å².